The molecular formula is C25H29N3O4. The van der Waals surface area contributed by atoms with E-state index < -0.39 is 18.0 Å². The van der Waals surface area contributed by atoms with Crippen molar-refractivity contribution in [1.82, 2.24) is 9.36 Å². The molecule has 0 spiro atoms. The normalized spacial score (nSPS) is 11.9. The van der Waals surface area contributed by atoms with Gasteiger partial charge in [0.25, 0.3) is 11.5 Å². The smallest absolute Gasteiger partial charge is 0.338 e. The number of nitrogens with one attached hydrogen (secondary N) is 1. The summed E-state index contributed by atoms with van der Waals surface area (Å²) in [5, 5.41) is 2.63. The van der Waals surface area contributed by atoms with Gasteiger partial charge in [0.2, 0.25) is 0 Å². The van der Waals surface area contributed by atoms with E-state index in [-0.39, 0.29) is 11.2 Å². The third-order valence-corrected chi connectivity index (χ3v) is 5.29. The first-order valence-corrected chi connectivity index (χ1v) is 10.6. The lowest BCUT2D eigenvalue weighted by Crippen LogP contribution is -2.32. The van der Waals surface area contributed by atoms with Crippen LogP contribution in [0.1, 0.15) is 42.4 Å². The Morgan fingerprint density at radius 3 is 2.22 bits per heavy atom. The molecule has 1 atom stereocenters. The summed E-state index contributed by atoms with van der Waals surface area (Å²) in [5.74, 6) is -0.638. The number of amides is 1. The molecule has 0 saturated carbocycles. The lowest BCUT2D eigenvalue weighted by Gasteiger charge is -2.13. The molecule has 32 heavy (non-hydrogen) atoms. The number of anilines is 1. The fourth-order valence-corrected chi connectivity index (χ4v) is 3.47. The van der Waals surface area contributed by atoms with Gasteiger partial charge in [-0.05, 0) is 56.0 Å². The largest absolute Gasteiger partial charge is 0.449 e. The van der Waals surface area contributed by atoms with Crippen molar-refractivity contribution in [2.24, 2.45) is 13.0 Å². The summed E-state index contributed by atoms with van der Waals surface area (Å²) < 4.78 is 8.47. The fourth-order valence-electron chi connectivity index (χ4n) is 3.47. The number of ether oxygens (including phenoxy) is 1. The molecule has 0 unspecified atom stereocenters. The lowest BCUT2D eigenvalue weighted by atomic mass is 10.0. The van der Waals surface area contributed by atoms with Crippen LogP contribution in [0.5, 0.6) is 0 Å². The molecule has 1 N–H and O–H groups in total. The Bertz CT molecular complexity index is 1160. The SMILES string of the molecule is Cc1c(NC(=O)[C@@H](C)OC(=O)c2ccc(CC(C)C)cc2)c(=O)n(-c2ccccc2)n1C. The van der Waals surface area contributed by atoms with Crippen LogP contribution in [0.4, 0.5) is 5.69 Å². The van der Waals surface area contributed by atoms with Gasteiger partial charge in [0.1, 0.15) is 5.69 Å². The van der Waals surface area contributed by atoms with Gasteiger partial charge in [-0.3, -0.25) is 14.3 Å². The van der Waals surface area contributed by atoms with E-state index in [0.29, 0.717) is 22.9 Å². The van der Waals surface area contributed by atoms with Crippen molar-refractivity contribution in [2.45, 2.75) is 40.2 Å². The van der Waals surface area contributed by atoms with Crippen LogP contribution in [0.2, 0.25) is 0 Å². The Morgan fingerprint density at radius 2 is 1.62 bits per heavy atom. The zero-order chi connectivity index (χ0) is 23.4. The molecule has 3 rings (SSSR count). The number of nitrogens with zero attached hydrogens (tertiary/aromatic N) is 2. The van der Waals surface area contributed by atoms with Crippen LogP contribution < -0.4 is 10.9 Å². The molecule has 0 aliphatic heterocycles. The van der Waals surface area contributed by atoms with Crippen molar-refractivity contribution in [2.75, 3.05) is 5.32 Å². The topological polar surface area (TPSA) is 82.3 Å². The van der Waals surface area contributed by atoms with Gasteiger partial charge in [-0.15, -0.1) is 0 Å². The van der Waals surface area contributed by atoms with E-state index in [2.05, 4.69) is 19.2 Å². The zero-order valence-corrected chi connectivity index (χ0v) is 19.1. The van der Waals surface area contributed by atoms with Gasteiger partial charge in [0, 0.05) is 7.05 Å². The van der Waals surface area contributed by atoms with Gasteiger partial charge in [-0.1, -0.05) is 44.2 Å². The maximum absolute atomic E-state index is 12.9. The summed E-state index contributed by atoms with van der Waals surface area (Å²) in [6, 6.07) is 16.3. The maximum atomic E-state index is 12.9. The standard InChI is InChI=1S/C25H29N3O4/c1-16(2)15-19-11-13-20(14-12-19)25(31)32-18(4)23(29)26-22-17(3)27(5)28(24(22)30)21-9-7-6-8-10-21/h6-14,16,18H,15H2,1-5H3,(H,26,29)/t18-/m1/s1. The summed E-state index contributed by atoms with van der Waals surface area (Å²) in [7, 11) is 1.74. The molecule has 3 aromatic rings. The first kappa shape index (κ1) is 23.1. The van der Waals surface area contributed by atoms with E-state index in [1.807, 2.05) is 42.5 Å². The molecule has 0 radical (unpaired) electrons. The molecule has 0 fully saturated rings. The van der Waals surface area contributed by atoms with Crippen LogP contribution >= 0.6 is 0 Å². The summed E-state index contributed by atoms with van der Waals surface area (Å²) >= 11 is 0. The van der Waals surface area contributed by atoms with Gasteiger partial charge in [-0.2, -0.15) is 0 Å². The van der Waals surface area contributed by atoms with Gasteiger partial charge < -0.3 is 10.1 Å². The molecule has 0 saturated heterocycles. The van der Waals surface area contributed by atoms with Crippen LogP contribution in [0, 0.1) is 12.8 Å². The summed E-state index contributed by atoms with van der Waals surface area (Å²) in [4.78, 5) is 38.1. The predicted molar refractivity (Wildman–Crippen MR) is 124 cm³/mol. The van der Waals surface area contributed by atoms with Crippen molar-refractivity contribution in [3.63, 3.8) is 0 Å². The van der Waals surface area contributed by atoms with Gasteiger partial charge in [0.15, 0.2) is 6.10 Å². The monoisotopic (exact) mass is 435 g/mol. The van der Waals surface area contributed by atoms with Gasteiger partial charge >= 0.3 is 5.97 Å². The molecule has 7 nitrogen and oxygen atoms in total. The first-order chi connectivity index (χ1) is 15.2. The van der Waals surface area contributed by atoms with Crippen LogP contribution in [0.3, 0.4) is 0 Å². The van der Waals surface area contributed by atoms with E-state index in [9.17, 15) is 14.4 Å². The number of aromatic nitrogens is 2. The molecule has 0 aliphatic carbocycles. The van der Waals surface area contributed by atoms with E-state index in [1.54, 1.807) is 30.8 Å². The van der Waals surface area contributed by atoms with E-state index in [4.69, 9.17) is 4.74 Å². The quantitative estimate of drug-likeness (QED) is 0.571. The molecule has 7 heteroatoms. The second kappa shape index (κ2) is 9.68. The summed E-state index contributed by atoms with van der Waals surface area (Å²) in [5.41, 5.74) is 2.58. The molecular weight excluding hydrogens is 406 g/mol. The van der Waals surface area contributed by atoms with Crippen molar-refractivity contribution >= 4 is 17.6 Å². The first-order valence-electron chi connectivity index (χ1n) is 10.6. The molecule has 1 aromatic heterocycles. The molecule has 0 bridgehead atoms. The lowest BCUT2D eigenvalue weighted by molar-refractivity contribution is -0.123. The number of hydrogen-bond acceptors (Lipinski definition) is 4. The Kier molecular flexibility index (Phi) is 6.98. The number of para-hydroxylation sites is 1. The number of carbonyl (C=O) groups is 2. The van der Waals surface area contributed by atoms with Crippen molar-refractivity contribution in [3.8, 4) is 5.69 Å². The Morgan fingerprint density at radius 1 is 1.00 bits per heavy atom. The number of rotatable bonds is 7. The van der Waals surface area contributed by atoms with Crippen molar-refractivity contribution in [3.05, 3.63) is 81.8 Å². The van der Waals surface area contributed by atoms with Gasteiger partial charge in [0.05, 0.1) is 16.9 Å². The Hall–Kier alpha value is -3.61. The van der Waals surface area contributed by atoms with E-state index in [1.165, 1.54) is 11.6 Å². The highest BCUT2D eigenvalue weighted by atomic mass is 16.5. The van der Waals surface area contributed by atoms with E-state index >= 15 is 0 Å². The molecule has 2 aromatic carbocycles. The average molecular weight is 436 g/mol. The highest BCUT2D eigenvalue weighted by molar-refractivity contribution is 5.97. The van der Waals surface area contributed by atoms with Crippen molar-refractivity contribution in [1.29, 1.82) is 0 Å². The zero-order valence-electron chi connectivity index (χ0n) is 19.1. The van der Waals surface area contributed by atoms with E-state index in [0.717, 1.165) is 12.0 Å². The Labute approximate surface area is 187 Å². The summed E-state index contributed by atoms with van der Waals surface area (Å²) in [6.45, 7) is 7.48. The number of carbonyl (C=O) groups excluding carboxylic acids is 2. The van der Waals surface area contributed by atoms with Crippen molar-refractivity contribution < 1.29 is 14.3 Å². The highest BCUT2D eigenvalue weighted by Crippen LogP contribution is 2.15. The third kappa shape index (κ3) is 4.99. The molecule has 0 aliphatic rings. The number of esters is 1. The number of hydrogen-bond donors (Lipinski definition) is 1. The second-order valence-electron chi connectivity index (χ2n) is 8.27. The minimum absolute atomic E-state index is 0.155. The minimum Gasteiger partial charge on any atom is -0.449 e. The molecule has 1 heterocycles. The minimum atomic E-state index is -1.07. The van der Waals surface area contributed by atoms with Crippen LogP contribution in [-0.2, 0) is 23.0 Å². The number of benzene rings is 2. The van der Waals surface area contributed by atoms with Gasteiger partial charge in [-0.25, -0.2) is 9.48 Å². The molecule has 1 amide bonds. The maximum Gasteiger partial charge on any atom is 0.338 e. The average Bonchev–Trinajstić information content (AvgIpc) is 2.97. The van der Waals surface area contributed by atoms with Crippen LogP contribution in [0.15, 0.2) is 59.4 Å². The molecule has 168 valence electrons. The Balaban J connectivity index is 1.71. The van der Waals surface area contributed by atoms with Crippen LogP contribution in [0.25, 0.3) is 5.69 Å². The summed E-state index contributed by atoms with van der Waals surface area (Å²) in [6.07, 6.45) is -0.146. The third-order valence-electron chi connectivity index (χ3n) is 5.29. The second-order valence-corrected chi connectivity index (χ2v) is 8.27. The fraction of sp³-hybridized carbons (Fsp3) is 0.320. The predicted octanol–water partition coefficient (Wildman–Crippen LogP) is 3.87. The highest BCUT2D eigenvalue weighted by Gasteiger charge is 2.23. The van der Waals surface area contributed by atoms with Crippen LogP contribution in [-0.4, -0.2) is 27.3 Å².